The average molecular weight is 400 g/mol. The Morgan fingerprint density at radius 2 is 1.68 bits per heavy atom. The molecule has 1 aromatic carbocycles. The molecule has 2 rings (SSSR count). The highest BCUT2D eigenvalue weighted by atomic mass is 19.4. The SMILES string of the molecule is CCN(CC)C(=O)C1CCN(C(=O)c2ccc(COCC(F)(F)F)cc2)CC1. The van der Waals surface area contributed by atoms with Gasteiger partial charge >= 0.3 is 6.18 Å². The number of nitrogens with zero attached hydrogens (tertiary/aromatic N) is 2. The highest BCUT2D eigenvalue weighted by Crippen LogP contribution is 2.22. The summed E-state index contributed by atoms with van der Waals surface area (Å²) < 4.78 is 40.9. The first-order chi connectivity index (χ1) is 13.2. The molecule has 1 fully saturated rings. The first-order valence-corrected chi connectivity index (χ1v) is 9.56. The average Bonchev–Trinajstić information content (AvgIpc) is 2.68. The van der Waals surface area contributed by atoms with E-state index < -0.39 is 12.8 Å². The summed E-state index contributed by atoms with van der Waals surface area (Å²) >= 11 is 0. The Hall–Kier alpha value is -2.09. The molecule has 0 unspecified atom stereocenters. The third kappa shape index (κ3) is 6.22. The molecule has 0 aromatic heterocycles. The van der Waals surface area contributed by atoms with Crippen LogP contribution in [0.3, 0.4) is 0 Å². The quantitative estimate of drug-likeness (QED) is 0.704. The van der Waals surface area contributed by atoms with Crippen LogP contribution in [-0.4, -0.2) is 60.6 Å². The molecule has 0 aliphatic carbocycles. The number of halogens is 3. The van der Waals surface area contributed by atoms with Crippen molar-refractivity contribution < 1.29 is 27.5 Å². The molecule has 0 spiro atoms. The second kappa shape index (κ2) is 9.91. The van der Waals surface area contributed by atoms with Crippen LogP contribution in [0, 0.1) is 5.92 Å². The molecule has 1 aliphatic rings. The van der Waals surface area contributed by atoms with E-state index in [2.05, 4.69) is 4.74 Å². The Morgan fingerprint density at radius 1 is 1.11 bits per heavy atom. The van der Waals surface area contributed by atoms with Gasteiger partial charge in [-0.05, 0) is 44.4 Å². The molecule has 156 valence electrons. The molecule has 1 saturated heterocycles. The number of piperidine rings is 1. The Balaban J connectivity index is 1.85. The van der Waals surface area contributed by atoms with Crippen molar-refractivity contribution in [2.75, 3.05) is 32.8 Å². The third-order valence-corrected chi connectivity index (χ3v) is 4.94. The largest absolute Gasteiger partial charge is 0.411 e. The van der Waals surface area contributed by atoms with Crippen molar-refractivity contribution in [3.05, 3.63) is 35.4 Å². The molecular weight excluding hydrogens is 373 g/mol. The Morgan fingerprint density at radius 3 is 2.18 bits per heavy atom. The van der Waals surface area contributed by atoms with Gasteiger partial charge in [0.2, 0.25) is 5.91 Å². The van der Waals surface area contributed by atoms with Gasteiger partial charge in [0.05, 0.1) is 6.61 Å². The van der Waals surface area contributed by atoms with E-state index in [-0.39, 0.29) is 24.3 Å². The fourth-order valence-corrected chi connectivity index (χ4v) is 3.33. The topological polar surface area (TPSA) is 49.9 Å². The van der Waals surface area contributed by atoms with E-state index in [9.17, 15) is 22.8 Å². The lowest BCUT2D eigenvalue weighted by atomic mass is 9.94. The number of hydrogen-bond acceptors (Lipinski definition) is 3. The van der Waals surface area contributed by atoms with E-state index in [1.807, 2.05) is 18.7 Å². The number of carbonyl (C=O) groups excluding carboxylic acids is 2. The van der Waals surface area contributed by atoms with Gasteiger partial charge in [-0.25, -0.2) is 0 Å². The van der Waals surface area contributed by atoms with Crippen molar-refractivity contribution in [1.29, 1.82) is 0 Å². The van der Waals surface area contributed by atoms with Crippen molar-refractivity contribution in [3.63, 3.8) is 0 Å². The van der Waals surface area contributed by atoms with E-state index >= 15 is 0 Å². The van der Waals surface area contributed by atoms with Gasteiger partial charge < -0.3 is 14.5 Å². The van der Waals surface area contributed by atoms with E-state index in [4.69, 9.17) is 0 Å². The predicted molar refractivity (Wildman–Crippen MR) is 98.7 cm³/mol. The summed E-state index contributed by atoms with van der Waals surface area (Å²) in [5, 5.41) is 0. The van der Waals surface area contributed by atoms with Gasteiger partial charge in [0.1, 0.15) is 6.61 Å². The van der Waals surface area contributed by atoms with E-state index in [1.165, 1.54) is 0 Å². The summed E-state index contributed by atoms with van der Waals surface area (Å²) in [5.74, 6) is -0.0195. The van der Waals surface area contributed by atoms with Crippen LogP contribution < -0.4 is 0 Å². The number of benzene rings is 1. The molecule has 1 aromatic rings. The van der Waals surface area contributed by atoms with E-state index in [0.717, 1.165) is 0 Å². The molecule has 2 amide bonds. The van der Waals surface area contributed by atoms with Crippen LogP contribution >= 0.6 is 0 Å². The molecule has 8 heteroatoms. The van der Waals surface area contributed by atoms with Crippen molar-refractivity contribution in [2.45, 2.75) is 39.5 Å². The number of carbonyl (C=O) groups is 2. The maximum absolute atomic E-state index is 12.6. The zero-order valence-corrected chi connectivity index (χ0v) is 16.3. The highest BCUT2D eigenvalue weighted by Gasteiger charge is 2.30. The summed E-state index contributed by atoms with van der Waals surface area (Å²) in [6, 6.07) is 6.39. The molecule has 0 saturated carbocycles. The van der Waals surface area contributed by atoms with Gasteiger partial charge in [-0.2, -0.15) is 13.2 Å². The summed E-state index contributed by atoms with van der Waals surface area (Å²) in [6.07, 6.45) is -3.07. The first-order valence-electron chi connectivity index (χ1n) is 9.56. The molecule has 1 aliphatic heterocycles. The van der Waals surface area contributed by atoms with Crippen LogP contribution in [0.5, 0.6) is 0 Å². The van der Waals surface area contributed by atoms with E-state index in [1.54, 1.807) is 29.2 Å². The summed E-state index contributed by atoms with van der Waals surface area (Å²) in [5.41, 5.74) is 1.05. The zero-order chi connectivity index (χ0) is 20.7. The van der Waals surface area contributed by atoms with Gasteiger partial charge in [-0.3, -0.25) is 9.59 Å². The lowest BCUT2D eigenvalue weighted by molar-refractivity contribution is -0.176. The lowest BCUT2D eigenvalue weighted by Crippen LogP contribution is -2.44. The summed E-state index contributed by atoms with van der Waals surface area (Å²) in [6.45, 7) is 4.87. The lowest BCUT2D eigenvalue weighted by Gasteiger charge is -2.33. The number of likely N-dealkylation sites (tertiary alicyclic amines) is 1. The summed E-state index contributed by atoms with van der Waals surface area (Å²) in [7, 11) is 0. The second-order valence-corrected chi connectivity index (χ2v) is 6.88. The van der Waals surface area contributed by atoms with Gasteiger partial charge in [-0.1, -0.05) is 12.1 Å². The Labute approximate surface area is 163 Å². The van der Waals surface area contributed by atoms with Crippen molar-refractivity contribution in [3.8, 4) is 0 Å². The molecule has 0 atom stereocenters. The van der Waals surface area contributed by atoms with Crippen molar-refractivity contribution in [1.82, 2.24) is 9.80 Å². The molecule has 5 nitrogen and oxygen atoms in total. The Kier molecular flexibility index (Phi) is 7.86. The maximum atomic E-state index is 12.6. The minimum absolute atomic E-state index is 0.0443. The van der Waals surface area contributed by atoms with Crippen LogP contribution in [0.4, 0.5) is 13.2 Å². The predicted octanol–water partition coefficient (Wildman–Crippen LogP) is 3.49. The zero-order valence-electron chi connectivity index (χ0n) is 16.3. The van der Waals surface area contributed by atoms with Gasteiger partial charge in [0.15, 0.2) is 0 Å². The first kappa shape index (κ1) is 22.2. The maximum Gasteiger partial charge on any atom is 0.411 e. The van der Waals surface area contributed by atoms with Crippen LogP contribution in [0.1, 0.15) is 42.6 Å². The molecule has 0 radical (unpaired) electrons. The molecule has 1 heterocycles. The fraction of sp³-hybridized carbons (Fsp3) is 0.600. The van der Waals surface area contributed by atoms with Gasteiger partial charge in [0.25, 0.3) is 5.91 Å². The minimum atomic E-state index is -4.35. The van der Waals surface area contributed by atoms with Crippen LogP contribution in [0.25, 0.3) is 0 Å². The fourth-order valence-electron chi connectivity index (χ4n) is 3.33. The van der Waals surface area contributed by atoms with E-state index in [0.29, 0.717) is 50.1 Å². The second-order valence-electron chi connectivity index (χ2n) is 6.88. The number of alkyl halides is 3. The monoisotopic (exact) mass is 400 g/mol. The smallest absolute Gasteiger partial charge is 0.367 e. The normalized spacial score (nSPS) is 15.5. The van der Waals surface area contributed by atoms with Crippen LogP contribution in [-0.2, 0) is 16.1 Å². The summed E-state index contributed by atoms with van der Waals surface area (Å²) in [4.78, 5) is 28.6. The molecular formula is C20H27F3N2O3. The number of hydrogen-bond donors (Lipinski definition) is 0. The molecule has 28 heavy (non-hydrogen) atoms. The van der Waals surface area contributed by atoms with Crippen molar-refractivity contribution >= 4 is 11.8 Å². The number of rotatable bonds is 7. The minimum Gasteiger partial charge on any atom is -0.367 e. The van der Waals surface area contributed by atoms with Crippen LogP contribution in [0.15, 0.2) is 24.3 Å². The Bertz CT molecular complexity index is 650. The number of amides is 2. The molecule has 0 N–H and O–H groups in total. The highest BCUT2D eigenvalue weighted by molar-refractivity contribution is 5.94. The van der Waals surface area contributed by atoms with Gasteiger partial charge in [0, 0.05) is 37.7 Å². The van der Waals surface area contributed by atoms with Crippen LogP contribution in [0.2, 0.25) is 0 Å². The van der Waals surface area contributed by atoms with Gasteiger partial charge in [-0.15, -0.1) is 0 Å². The molecule has 0 bridgehead atoms. The standard InChI is InChI=1S/C20H27F3N2O3/c1-3-24(4-2)18(26)17-9-11-25(12-10-17)19(27)16-7-5-15(6-8-16)13-28-14-20(21,22)23/h5-8,17H,3-4,9-14H2,1-2H3. The number of ether oxygens (including phenoxy) is 1. The van der Waals surface area contributed by atoms with Crippen molar-refractivity contribution in [2.24, 2.45) is 5.92 Å². The third-order valence-electron chi connectivity index (χ3n) is 4.94.